The molecule has 2 rings (SSSR count). The minimum absolute atomic E-state index is 0.464. The second-order valence-corrected chi connectivity index (χ2v) is 5.65. The van der Waals surface area contributed by atoms with Gasteiger partial charge < -0.3 is 10.1 Å². The summed E-state index contributed by atoms with van der Waals surface area (Å²) in [6, 6.07) is 8.21. The van der Waals surface area contributed by atoms with E-state index in [1.807, 2.05) is 12.1 Å². The first-order chi connectivity index (χ1) is 9.31. The van der Waals surface area contributed by atoms with Crippen LogP contribution in [0.15, 0.2) is 24.3 Å². The van der Waals surface area contributed by atoms with E-state index in [2.05, 4.69) is 24.4 Å². The maximum atomic E-state index is 6.33. The molecule has 0 saturated carbocycles. The average Bonchev–Trinajstić information content (AvgIpc) is 2.93. The molecule has 0 aromatic heterocycles. The maximum Gasteiger partial charge on any atom is 0.0576 e. The smallest absolute Gasteiger partial charge is 0.0576 e. The Morgan fingerprint density at radius 1 is 1.42 bits per heavy atom. The zero-order valence-corrected chi connectivity index (χ0v) is 12.5. The molecule has 0 bridgehead atoms. The fraction of sp³-hybridized carbons (Fsp3) is 0.625. The fourth-order valence-electron chi connectivity index (χ4n) is 2.75. The minimum atomic E-state index is 0.464. The van der Waals surface area contributed by atoms with Crippen LogP contribution >= 0.6 is 11.6 Å². The number of nitrogens with one attached hydrogen (secondary N) is 1. The van der Waals surface area contributed by atoms with Crippen LogP contribution in [-0.4, -0.2) is 25.8 Å². The number of rotatable bonds is 7. The van der Waals surface area contributed by atoms with Gasteiger partial charge in [-0.05, 0) is 49.8 Å². The fourth-order valence-corrected chi connectivity index (χ4v) is 3.04. The Kier molecular flexibility index (Phi) is 6.15. The highest BCUT2D eigenvalue weighted by molar-refractivity contribution is 6.31. The second kappa shape index (κ2) is 7.88. The molecule has 2 atom stereocenters. The highest BCUT2D eigenvalue weighted by atomic mass is 35.5. The molecule has 0 aliphatic carbocycles. The van der Waals surface area contributed by atoms with Crippen LogP contribution < -0.4 is 5.32 Å². The maximum absolute atomic E-state index is 6.33. The van der Waals surface area contributed by atoms with Crippen molar-refractivity contribution in [2.75, 3.05) is 19.7 Å². The highest BCUT2D eigenvalue weighted by Gasteiger charge is 2.19. The second-order valence-electron chi connectivity index (χ2n) is 5.24. The summed E-state index contributed by atoms with van der Waals surface area (Å²) in [7, 11) is 0. The molecular formula is C16H24ClNO. The summed E-state index contributed by atoms with van der Waals surface area (Å²) in [6.07, 6.45) is 5.18. The summed E-state index contributed by atoms with van der Waals surface area (Å²) in [5, 5.41) is 4.34. The quantitative estimate of drug-likeness (QED) is 0.816. The zero-order chi connectivity index (χ0) is 13.5. The van der Waals surface area contributed by atoms with Gasteiger partial charge >= 0.3 is 0 Å². The van der Waals surface area contributed by atoms with Crippen LogP contribution in [0.5, 0.6) is 0 Å². The van der Waals surface area contributed by atoms with Crippen LogP contribution in [0.3, 0.4) is 0 Å². The van der Waals surface area contributed by atoms with E-state index in [4.69, 9.17) is 16.3 Å². The van der Waals surface area contributed by atoms with Gasteiger partial charge in [0, 0.05) is 18.2 Å². The minimum Gasteiger partial charge on any atom is -0.378 e. The average molecular weight is 282 g/mol. The van der Waals surface area contributed by atoms with Crippen molar-refractivity contribution in [3.8, 4) is 0 Å². The van der Waals surface area contributed by atoms with Crippen molar-refractivity contribution in [2.24, 2.45) is 0 Å². The molecule has 2 unspecified atom stereocenters. The molecule has 1 N–H and O–H groups in total. The van der Waals surface area contributed by atoms with Crippen LogP contribution in [0, 0.1) is 0 Å². The van der Waals surface area contributed by atoms with Crippen LogP contribution in [0.1, 0.15) is 44.1 Å². The molecule has 1 saturated heterocycles. The first-order valence-electron chi connectivity index (χ1n) is 7.38. The van der Waals surface area contributed by atoms with E-state index in [9.17, 15) is 0 Å². The molecule has 1 fully saturated rings. The number of ether oxygens (including phenoxy) is 1. The van der Waals surface area contributed by atoms with Gasteiger partial charge in [0.2, 0.25) is 0 Å². The number of halogens is 1. The van der Waals surface area contributed by atoms with Crippen LogP contribution in [0.4, 0.5) is 0 Å². The summed E-state index contributed by atoms with van der Waals surface area (Å²) in [6.45, 7) is 5.08. The lowest BCUT2D eigenvalue weighted by molar-refractivity contribution is 0.101. The van der Waals surface area contributed by atoms with Gasteiger partial charge in [-0.1, -0.05) is 36.7 Å². The van der Waals surface area contributed by atoms with E-state index in [1.165, 1.54) is 18.4 Å². The monoisotopic (exact) mass is 281 g/mol. The predicted molar refractivity (Wildman–Crippen MR) is 80.9 cm³/mol. The molecular weight excluding hydrogens is 258 g/mol. The summed E-state index contributed by atoms with van der Waals surface area (Å²) < 4.78 is 5.72. The predicted octanol–water partition coefficient (Wildman–Crippen LogP) is 3.99. The molecule has 1 heterocycles. The van der Waals surface area contributed by atoms with Gasteiger partial charge in [0.05, 0.1) is 6.10 Å². The number of hydrogen-bond donors (Lipinski definition) is 1. The van der Waals surface area contributed by atoms with Crippen molar-refractivity contribution in [1.82, 2.24) is 5.32 Å². The van der Waals surface area contributed by atoms with Gasteiger partial charge in [0.15, 0.2) is 0 Å². The summed E-state index contributed by atoms with van der Waals surface area (Å²) >= 11 is 6.33. The third kappa shape index (κ3) is 4.48. The standard InChI is InChI=1S/C16H24ClNO/c1-2-18-12-13(9-10-14-6-5-11-19-14)15-7-3-4-8-16(15)17/h3-4,7-8,13-14,18H,2,5-6,9-12H2,1H3. The third-order valence-corrected chi connectivity index (χ3v) is 4.19. The summed E-state index contributed by atoms with van der Waals surface area (Å²) in [5.74, 6) is 0.484. The lowest BCUT2D eigenvalue weighted by atomic mass is 9.92. The van der Waals surface area contributed by atoms with E-state index in [0.717, 1.165) is 37.6 Å². The molecule has 1 aliphatic rings. The molecule has 106 valence electrons. The van der Waals surface area contributed by atoms with Gasteiger partial charge in [-0.3, -0.25) is 0 Å². The largest absolute Gasteiger partial charge is 0.378 e. The van der Waals surface area contributed by atoms with E-state index < -0.39 is 0 Å². The topological polar surface area (TPSA) is 21.3 Å². The molecule has 1 aromatic rings. The Labute approximate surface area is 121 Å². The Bertz CT molecular complexity index is 377. The molecule has 0 spiro atoms. The first-order valence-corrected chi connectivity index (χ1v) is 7.75. The van der Waals surface area contributed by atoms with Crippen molar-refractivity contribution in [3.63, 3.8) is 0 Å². The lowest BCUT2D eigenvalue weighted by Gasteiger charge is -2.20. The molecule has 1 aromatic carbocycles. The molecule has 2 nitrogen and oxygen atoms in total. The molecule has 3 heteroatoms. The van der Waals surface area contributed by atoms with Crippen molar-refractivity contribution < 1.29 is 4.74 Å². The van der Waals surface area contributed by atoms with Gasteiger partial charge in [0.25, 0.3) is 0 Å². The summed E-state index contributed by atoms with van der Waals surface area (Å²) in [5.41, 5.74) is 1.27. The normalized spacial score (nSPS) is 20.6. The Morgan fingerprint density at radius 3 is 2.95 bits per heavy atom. The molecule has 0 amide bonds. The van der Waals surface area contributed by atoms with Gasteiger partial charge in [0.1, 0.15) is 0 Å². The van der Waals surface area contributed by atoms with Crippen LogP contribution in [0.25, 0.3) is 0 Å². The first kappa shape index (κ1) is 14.8. The van der Waals surface area contributed by atoms with Crippen molar-refractivity contribution in [3.05, 3.63) is 34.9 Å². The van der Waals surface area contributed by atoms with Gasteiger partial charge in [-0.15, -0.1) is 0 Å². The number of hydrogen-bond acceptors (Lipinski definition) is 2. The zero-order valence-electron chi connectivity index (χ0n) is 11.7. The number of benzene rings is 1. The van der Waals surface area contributed by atoms with Crippen molar-refractivity contribution in [2.45, 2.75) is 44.6 Å². The molecule has 0 radical (unpaired) electrons. The molecule has 1 aliphatic heterocycles. The van der Waals surface area contributed by atoms with Crippen molar-refractivity contribution in [1.29, 1.82) is 0 Å². The highest BCUT2D eigenvalue weighted by Crippen LogP contribution is 2.29. The van der Waals surface area contributed by atoms with Crippen LogP contribution in [-0.2, 0) is 4.74 Å². The summed E-state index contributed by atoms with van der Waals surface area (Å²) in [4.78, 5) is 0. The van der Waals surface area contributed by atoms with E-state index in [1.54, 1.807) is 0 Å². The lowest BCUT2D eigenvalue weighted by Crippen LogP contribution is -2.22. The SMILES string of the molecule is CCNCC(CCC1CCCO1)c1ccccc1Cl. The Hall–Kier alpha value is -0.570. The van der Waals surface area contributed by atoms with Crippen molar-refractivity contribution >= 4 is 11.6 Å². The van der Waals surface area contributed by atoms with Gasteiger partial charge in [-0.2, -0.15) is 0 Å². The third-order valence-electron chi connectivity index (χ3n) is 3.85. The van der Waals surface area contributed by atoms with Gasteiger partial charge in [-0.25, -0.2) is 0 Å². The van der Waals surface area contributed by atoms with E-state index in [-0.39, 0.29) is 0 Å². The Balaban J connectivity index is 1.96. The Morgan fingerprint density at radius 2 is 2.26 bits per heavy atom. The van der Waals surface area contributed by atoms with Crippen LogP contribution in [0.2, 0.25) is 5.02 Å². The molecule has 19 heavy (non-hydrogen) atoms. The van der Waals surface area contributed by atoms with E-state index >= 15 is 0 Å². The number of likely N-dealkylation sites (N-methyl/N-ethyl adjacent to an activating group) is 1. The van der Waals surface area contributed by atoms with E-state index in [0.29, 0.717) is 12.0 Å².